The molecule has 0 radical (unpaired) electrons. The standard InChI is InChI=1S/C14H19N3O/c1-9-6-11(13(18-3)7-10(9)2)14-12(4-5-15)16-8-17-14/h6-8H,4-5,15H2,1-3H3,(H,16,17). The predicted molar refractivity (Wildman–Crippen MR) is 72.8 cm³/mol. The van der Waals surface area contributed by atoms with Gasteiger partial charge < -0.3 is 15.5 Å². The molecule has 0 fully saturated rings. The van der Waals surface area contributed by atoms with Gasteiger partial charge in [0.1, 0.15) is 5.75 Å². The Morgan fingerprint density at radius 1 is 1.28 bits per heavy atom. The summed E-state index contributed by atoms with van der Waals surface area (Å²) in [7, 11) is 1.68. The number of nitrogens with two attached hydrogens (primary N) is 1. The highest BCUT2D eigenvalue weighted by atomic mass is 16.5. The molecule has 3 N–H and O–H groups in total. The minimum Gasteiger partial charge on any atom is -0.496 e. The maximum Gasteiger partial charge on any atom is 0.128 e. The van der Waals surface area contributed by atoms with Gasteiger partial charge in [0.05, 0.1) is 19.1 Å². The van der Waals surface area contributed by atoms with Crippen LogP contribution in [0.5, 0.6) is 5.75 Å². The molecule has 4 nitrogen and oxygen atoms in total. The number of rotatable bonds is 4. The van der Waals surface area contributed by atoms with Crippen LogP contribution in [0.3, 0.4) is 0 Å². The summed E-state index contributed by atoms with van der Waals surface area (Å²) < 4.78 is 5.45. The molecule has 2 aromatic rings. The van der Waals surface area contributed by atoms with Crippen LogP contribution in [0, 0.1) is 13.8 Å². The Labute approximate surface area is 107 Å². The van der Waals surface area contributed by atoms with E-state index in [1.165, 1.54) is 11.1 Å². The van der Waals surface area contributed by atoms with Gasteiger partial charge in [0, 0.05) is 17.7 Å². The third-order valence-electron chi connectivity index (χ3n) is 3.18. The Hall–Kier alpha value is -1.81. The van der Waals surface area contributed by atoms with Gasteiger partial charge in [0.25, 0.3) is 0 Å². The van der Waals surface area contributed by atoms with Crippen molar-refractivity contribution in [3.63, 3.8) is 0 Å². The molecule has 0 aliphatic heterocycles. The lowest BCUT2D eigenvalue weighted by Gasteiger charge is -2.11. The number of aryl methyl sites for hydroxylation is 2. The first-order valence-electron chi connectivity index (χ1n) is 6.05. The Kier molecular flexibility index (Phi) is 3.67. The van der Waals surface area contributed by atoms with Crippen molar-refractivity contribution in [2.45, 2.75) is 20.3 Å². The molecule has 18 heavy (non-hydrogen) atoms. The summed E-state index contributed by atoms with van der Waals surface area (Å²) in [6.45, 7) is 4.77. The topological polar surface area (TPSA) is 63.9 Å². The van der Waals surface area contributed by atoms with E-state index >= 15 is 0 Å². The summed E-state index contributed by atoms with van der Waals surface area (Å²) in [5.74, 6) is 0.850. The first-order valence-corrected chi connectivity index (χ1v) is 6.05. The fourth-order valence-electron chi connectivity index (χ4n) is 2.03. The lowest BCUT2D eigenvalue weighted by atomic mass is 10.0. The zero-order chi connectivity index (χ0) is 13.1. The van der Waals surface area contributed by atoms with E-state index in [0.717, 1.165) is 29.1 Å². The molecular weight excluding hydrogens is 226 g/mol. The van der Waals surface area contributed by atoms with Gasteiger partial charge >= 0.3 is 0 Å². The van der Waals surface area contributed by atoms with Crippen LogP contribution in [-0.2, 0) is 6.42 Å². The van der Waals surface area contributed by atoms with E-state index in [4.69, 9.17) is 10.5 Å². The van der Waals surface area contributed by atoms with E-state index in [2.05, 4.69) is 29.9 Å². The monoisotopic (exact) mass is 245 g/mol. The van der Waals surface area contributed by atoms with Crippen molar-refractivity contribution >= 4 is 0 Å². The largest absolute Gasteiger partial charge is 0.496 e. The smallest absolute Gasteiger partial charge is 0.128 e. The van der Waals surface area contributed by atoms with Gasteiger partial charge in [-0.2, -0.15) is 0 Å². The number of aromatic nitrogens is 2. The second-order valence-corrected chi connectivity index (χ2v) is 4.41. The Balaban J connectivity index is 2.55. The molecule has 0 aliphatic rings. The molecule has 0 aliphatic carbocycles. The fraction of sp³-hybridized carbons (Fsp3) is 0.357. The average Bonchev–Trinajstić information content (AvgIpc) is 2.80. The molecule has 4 heteroatoms. The maximum absolute atomic E-state index is 5.61. The summed E-state index contributed by atoms with van der Waals surface area (Å²) >= 11 is 0. The second-order valence-electron chi connectivity index (χ2n) is 4.41. The molecule has 0 atom stereocenters. The van der Waals surface area contributed by atoms with Crippen LogP contribution in [0.25, 0.3) is 11.3 Å². The Morgan fingerprint density at radius 2 is 2.00 bits per heavy atom. The van der Waals surface area contributed by atoms with Crippen molar-refractivity contribution in [3.05, 3.63) is 35.3 Å². The van der Waals surface area contributed by atoms with Gasteiger partial charge in [-0.3, -0.25) is 0 Å². The number of hydrogen-bond acceptors (Lipinski definition) is 3. The lowest BCUT2D eigenvalue weighted by Crippen LogP contribution is -2.04. The summed E-state index contributed by atoms with van der Waals surface area (Å²) in [6.07, 6.45) is 2.49. The van der Waals surface area contributed by atoms with Gasteiger partial charge in [-0.05, 0) is 43.7 Å². The molecule has 1 heterocycles. The van der Waals surface area contributed by atoms with Crippen molar-refractivity contribution in [1.82, 2.24) is 9.97 Å². The number of hydrogen-bond donors (Lipinski definition) is 2. The van der Waals surface area contributed by atoms with Crippen molar-refractivity contribution in [2.75, 3.05) is 13.7 Å². The highest BCUT2D eigenvalue weighted by molar-refractivity contribution is 5.71. The molecule has 0 spiro atoms. The Bertz CT molecular complexity index is 546. The highest BCUT2D eigenvalue weighted by Crippen LogP contribution is 2.33. The van der Waals surface area contributed by atoms with E-state index in [0.29, 0.717) is 6.54 Å². The van der Waals surface area contributed by atoms with Gasteiger partial charge in [-0.25, -0.2) is 4.98 Å². The average molecular weight is 245 g/mol. The summed E-state index contributed by atoms with van der Waals surface area (Å²) in [5, 5.41) is 0. The number of nitrogens with one attached hydrogen (secondary N) is 1. The molecule has 2 rings (SSSR count). The van der Waals surface area contributed by atoms with E-state index in [-0.39, 0.29) is 0 Å². The minimum absolute atomic E-state index is 0.600. The molecule has 0 saturated heterocycles. The first kappa shape index (κ1) is 12.6. The van der Waals surface area contributed by atoms with Crippen LogP contribution in [0.15, 0.2) is 18.5 Å². The van der Waals surface area contributed by atoms with E-state index in [9.17, 15) is 0 Å². The van der Waals surface area contributed by atoms with Gasteiger partial charge in [0.15, 0.2) is 0 Å². The maximum atomic E-state index is 5.61. The summed E-state index contributed by atoms with van der Waals surface area (Å²) in [4.78, 5) is 7.54. The van der Waals surface area contributed by atoms with Crippen LogP contribution in [0.1, 0.15) is 16.8 Å². The minimum atomic E-state index is 0.600. The first-order chi connectivity index (χ1) is 8.67. The van der Waals surface area contributed by atoms with Crippen LogP contribution in [0.2, 0.25) is 0 Å². The Morgan fingerprint density at radius 3 is 2.67 bits per heavy atom. The van der Waals surface area contributed by atoms with Crippen LogP contribution in [0.4, 0.5) is 0 Å². The molecular formula is C14H19N3O. The molecule has 0 unspecified atom stereocenters. The summed E-state index contributed by atoms with van der Waals surface area (Å²) in [5.41, 5.74) is 11.1. The number of H-pyrrole nitrogens is 1. The van der Waals surface area contributed by atoms with Crippen LogP contribution in [-0.4, -0.2) is 23.6 Å². The molecule has 0 saturated carbocycles. The van der Waals surface area contributed by atoms with Crippen molar-refractivity contribution < 1.29 is 4.74 Å². The second kappa shape index (κ2) is 5.23. The van der Waals surface area contributed by atoms with Gasteiger partial charge in [-0.15, -0.1) is 0 Å². The third kappa shape index (κ3) is 2.24. The van der Waals surface area contributed by atoms with Crippen molar-refractivity contribution in [3.8, 4) is 17.0 Å². The number of methoxy groups -OCH3 is 1. The molecule has 1 aromatic carbocycles. The SMILES string of the molecule is COc1cc(C)c(C)cc1-c1nc[nH]c1CCN. The van der Waals surface area contributed by atoms with Gasteiger partial charge in [0.2, 0.25) is 0 Å². The zero-order valence-corrected chi connectivity index (χ0v) is 11.1. The lowest BCUT2D eigenvalue weighted by molar-refractivity contribution is 0.416. The highest BCUT2D eigenvalue weighted by Gasteiger charge is 2.14. The zero-order valence-electron chi connectivity index (χ0n) is 11.1. The molecule has 0 amide bonds. The molecule has 96 valence electrons. The fourth-order valence-corrected chi connectivity index (χ4v) is 2.03. The van der Waals surface area contributed by atoms with Crippen molar-refractivity contribution in [1.29, 1.82) is 0 Å². The quantitative estimate of drug-likeness (QED) is 0.868. The van der Waals surface area contributed by atoms with Crippen molar-refractivity contribution in [2.24, 2.45) is 5.73 Å². The van der Waals surface area contributed by atoms with Crippen LogP contribution >= 0.6 is 0 Å². The third-order valence-corrected chi connectivity index (χ3v) is 3.18. The molecule has 1 aromatic heterocycles. The van der Waals surface area contributed by atoms with Crippen LogP contribution < -0.4 is 10.5 Å². The summed E-state index contributed by atoms with van der Waals surface area (Å²) in [6, 6.07) is 4.16. The van der Waals surface area contributed by atoms with Gasteiger partial charge in [-0.1, -0.05) is 0 Å². The number of benzene rings is 1. The van der Waals surface area contributed by atoms with E-state index in [1.807, 2.05) is 6.07 Å². The van der Waals surface area contributed by atoms with E-state index in [1.54, 1.807) is 13.4 Å². The molecule has 0 bridgehead atoms. The normalized spacial score (nSPS) is 10.7. The number of aromatic amines is 1. The number of nitrogens with zero attached hydrogens (tertiary/aromatic N) is 1. The number of imidazole rings is 1. The van der Waals surface area contributed by atoms with E-state index < -0.39 is 0 Å². The predicted octanol–water partition coefficient (Wildman–Crippen LogP) is 2.20. The number of ether oxygens (including phenoxy) is 1.